The van der Waals surface area contributed by atoms with Crippen LogP contribution in [-0.4, -0.2) is 51.5 Å². The van der Waals surface area contributed by atoms with Crippen molar-refractivity contribution < 1.29 is 17.5 Å². The van der Waals surface area contributed by atoms with E-state index in [1.54, 1.807) is 18.3 Å². The molecular formula is C24H32FN3O3S. The Morgan fingerprint density at radius 2 is 1.94 bits per heavy atom. The number of rotatable bonds is 7. The molecule has 0 spiro atoms. The van der Waals surface area contributed by atoms with Crippen molar-refractivity contribution in [2.24, 2.45) is 5.92 Å². The summed E-state index contributed by atoms with van der Waals surface area (Å²) in [6, 6.07) is 12.6. The number of benzene rings is 1. The first-order valence-corrected chi connectivity index (χ1v) is 13.3. The van der Waals surface area contributed by atoms with Crippen LogP contribution in [0.4, 0.5) is 10.2 Å². The maximum Gasteiger partial charge on any atom is 0.208 e. The number of pyridine rings is 1. The normalized spacial score (nSPS) is 26.8. The van der Waals surface area contributed by atoms with Gasteiger partial charge in [-0.15, -0.1) is 0 Å². The molecule has 1 aromatic heterocycles. The Hall–Kier alpha value is -2.03. The molecule has 2 fully saturated rings. The van der Waals surface area contributed by atoms with Crippen molar-refractivity contribution in [2.45, 2.75) is 50.2 Å². The molecule has 1 saturated heterocycles. The van der Waals surface area contributed by atoms with Gasteiger partial charge in [0, 0.05) is 31.2 Å². The van der Waals surface area contributed by atoms with E-state index in [1.165, 1.54) is 12.3 Å². The first kappa shape index (κ1) is 23.1. The largest absolute Gasteiger partial charge is 0.378 e. The molecule has 6 nitrogen and oxygen atoms in total. The van der Waals surface area contributed by atoms with Crippen molar-refractivity contribution >= 4 is 15.8 Å². The average molecular weight is 462 g/mol. The Morgan fingerprint density at radius 1 is 1.12 bits per heavy atom. The lowest BCUT2D eigenvalue weighted by Gasteiger charge is -2.40. The second kappa shape index (κ2) is 10.3. The molecule has 1 saturated carbocycles. The third-order valence-electron chi connectivity index (χ3n) is 6.61. The van der Waals surface area contributed by atoms with E-state index < -0.39 is 10.0 Å². The Balaban J connectivity index is 1.34. The van der Waals surface area contributed by atoms with Gasteiger partial charge in [-0.1, -0.05) is 18.2 Å². The van der Waals surface area contributed by atoms with E-state index in [0.717, 1.165) is 43.6 Å². The molecular weight excluding hydrogens is 429 g/mol. The standard InChI is InChI=1S/C24H32FN3O3S/c1-32(29,30)27-23-12-14-28(24-7-2-3-13-26-24)16-20(23)17-31-22-10-8-18(9-11-22)19-5-4-6-21(25)15-19/h2-7,13,15,18,20,22-23,27H,8-12,14,16-17H2,1H3/t18?,20-,22?,23-/m0/s1. The van der Waals surface area contributed by atoms with Crippen LogP contribution >= 0.6 is 0 Å². The van der Waals surface area contributed by atoms with Gasteiger partial charge >= 0.3 is 0 Å². The van der Waals surface area contributed by atoms with Crippen molar-refractivity contribution in [2.75, 3.05) is 30.9 Å². The van der Waals surface area contributed by atoms with E-state index in [9.17, 15) is 12.8 Å². The van der Waals surface area contributed by atoms with E-state index in [2.05, 4.69) is 14.6 Å². The fraction of sp³-hybridized carbons (Fsp3) is 0.542. The molecule has 1 aliphatic heterocycles. The first-order valence-electron chi connectivity index (χ1n) is 11.4. The molecule has 0 radical (unpaired) electrons. The summed E-state index contributed by atoms with van der Waals surface area (Å²) in [5.74, 6) is 1.15. The number of piperidine rings is 1. The van der Waals surface area contributed by atoms with Crippen LogP contribution in [0.15, 0.2) is 48.7 Å². The molecule has 0 amide bonds. The number of ether oxygens (including phenoxy) is 1. The quantitative estimate of drug-likeness (QED) is 0.681. The topological polar surface area (TPSA) is 71.5 Å². The van der Waals surface area contributed by atoms with Gasteiger partial charge in [0.25, 0.3) is 0 Å². The van der Waals surface area contributed by atoms with Crippen LogP contribution in [0.3, 0.4) is 0 Å². The summed E-state index contributed by atoms with van der Waals surface area (Å²) >= 11 is 0. The summed E-state index contributed by atoms with van der Waals surface area (Å²) in [5, 5.41) is 0. The van der Waals surface area contributed by atoms with Crippen LogP contribution in [0.1, 0.15) is 43.6 Å². The molecule has 1 aromatic carbocycles. The minimum atomic E-state index is -3.29. The number of nitrogens with one attached hydrogen (secondary N) is 1. The van der Waals surface area contributed by atoms with E-state index in [0.29, 0.717) is 25.5 Å². The van der Waals surface area contributed by atoms with Gasteiger partial charge in [-0.05, 0) is 67.9 Å². The van der Waals surface area contributed by atoms with Crippen LogP contribution in [0.25, 0.3) is 0 Å². The molecule has 0 bridgehead atoms. The fourth-order valence-electron chi connectivity index (χ4n) is 4.96. The van der Waals surface area contributed by atoms with E-state index >= 15 is 0 Å². The van der Waals surface area contributed by atoms with E-state index in [1.807, 2.05) is 24.3 Å². The van der Waals surface area contributed by atoms with E-state index in [4.69, 9.17) is 4.74 Å². The van der Waals surface area contributed by atoms with Crippen molar-refractivity contribution in [3.05, 3.63) is 60.0 Å². The lowest BCUT2D eigenvalue weighted by atomic mass is 9.82. The Labute approximate surface area is 190 Å². The molecule has 2 atom stereocenters. The van der Waals surface area contributed by atoms with Crippen molar-refractivity contribution in [1.82, 2.24) is 9.71 Å². The molecule has 2 heterocycles. The SMILES string of the molecule is CS(=O)(=O)N[C@H]1CCN(c2ccccn2)C[C@H]1COC1CCC(c2cccc(F)c2)CC1. The minimum Gasteiger partial charge on any atom is -0.378 e. The minimum absolute atomic E-state index is 0.0430. The van der Waals surface area contributed by atoms with E-state index in [-0.39, 0.29) is 23.9 Å². The molecule has 4 rings (SSSR count). The van der Waals surface area contributed by atoms with Crippen LogP contribution in [0.2, 0.25) is 0 Å². The van der Waals surface area contributed by atoms with Crippen molar-refractivity contribution in [3.8, 4) is 0 Å². The summed E-state index contributed by atoms with van der Waals surface area (Å²) in [5.41, 5.74) is 1.07. The highest BCUT2D eigenvalue weighted by Gasteiger charge is 2.33. The number of anilines is 1. The third-order valence-corrected chi connectivity index (χ3v) is 7.34. The fourth-order valence-corrected chi connectivity index (χ4v) is 5.82. The molecule has 1 N–H and O–H groups in total. The van der Waals surface area contributed by atoms with Crippen LogP contribution in [0.5, 0.6) is 0 Å². The summed E-state index contributed by atoms with van der Waals surface area (Å²) in [4.78, 5) is 6.65. The molecule has 0 unspecified atom stereocenters. The van der Waals surface area contributed by atoms with Gasteiger partial charge in [-0.2, -0.15) is 0 Å². The smallest absolute Gasteiger partial charge is 0.208 e. The number of nitrogens with zero attached hydrogens (tertiary/aromatic N) is 2. The summed E-state index contributed by atoms with van der Waals surface area (Å²) in [6.45, 7) is 1.95. The zero-order chi connectivity index (χ0) is 22.6. The molecule has 32 heavy (non-hydrogen) atoms. The zero-order valence-corrected chi connectivity index (χ0v) is 19.3. The lowest BCUT2D eigenvalue weighted by Crippen LogP contribution is -2.52. The Bertz CT molecular complexity index is 981. The van der Waals surface area contributed by atoms with Crippen LogP contribution in [-0.2, 0) is 14.8 Å². The van der Waals surface area contributed by atoms with Crippen molar-refractivity contribution in [1.29, 1.82) is 0 Å². The van der Waals surface area contributed by atoms with Gasteiger partial charge < -0.3 is 9.64 Å². The summed E-state index contributed by atoms with van der Waals surface area (Å²) in [6.07, 6.45) is 7.67. The number of sulfonamides is 1. The number of aromatic nitrogens is 1. The van der Waals surface area contributed by atoms with Gasteiger partial charge in [0.05, 0.1) is 19.0 Å². The van der Waals surface area contributed by atoms with Crippen LogP contribution < -0.4 is 9.62 Å². The monoisotopic (exact) mass is 461 g/mol. The molecule has 1 aliphatic carbocycles. The molecule has 2 aromatic rings. The first-order chi connectivity index (χ1) is 15.4. The summed E-state index contributed by atoms with van der Waals surface area (Å²) in [7, 11) is -3.29. The lowest BCUT2D eigenvalue weighted by molar-refractivity contribution is -0.00214. The molecule has 174 valence electrons. The number of hydrogen-bond donors (Lipinski definition) is 1. The maximum absolute atomic E-state index is 13.6. The predicted octanol–water partition coefficient (Wildman–Crippen LogP) is 3.71. The highest BCUT2D eigenvalue weighted by Crippen LogP contribution is 2.34. The molecule has 2 aliphatic rings. The maximum atomic E-state index is 13.6. The third kappa shape index (κ3) is 6.27. The van der Waals surface area contributed by atoms with Gasteiger partial charge in [0.15, 0.2) is 0 Å². The van der Waals surface area contributed by atoms with Crippen molar-refractivity contribution in [3.63, 3.8) is 0 Å². The highest BCUT2D eigenvalue weighted by atomic mass is 32.2. The average Bonchev–Trinajstić information content (AvgIpc) is 2.78. The number of halogens is 1. The predicted molar refractivity (Wildman–Crippen MR) is 124 cm³/mol. The van der Waals surface area contributed by atoms with Gasteiger partial charge in [0.2, 0.25) is 10.0 Å². The van der Waals surface area contributed by atoms with Gasteiger partial charge in [-0.3, -0.25) is 0 Å². The highest BCUT2D eigenvalue weighted by molar-refractivity contribution is 7.88. The Kier molecular flexibility index (Phi) is 7.43. The second-order valence-corrected chi connectivity index (χ2v) is 10.8. The zero-order valence-electron chi connectivity index (χ0n) is 18.5. The van der Waals surface area contributed by atoms with Gasteiger partial charge in [0.1, 0.15) is 11.6 Å². The Morgan fingerprint density at radius 3 is 2.62 bits per heavy atom. The van der Waals surface area contributed by atoms with Crippen LogP contribution in [0, 0.1) is 11.7 Å². The summed E-state index contributed by atoms with van der Waals surface area (Å²) < 4.78 is 46.5. The molecule has 8 heteroatoms. The van der Waals surface area contributed by atoms with Gasteiger partial charge in [-0.25, -0.2) is 22.5 Å². The number of hydrogen-bond acceptors (Lipinski definition) is 5. The second-order valence-electron chi connectivity index (χ2n) is 9.04.